The van der Waals surface area contributed by atoms with Gasteiger partial charge in [0.25, 0.3) is 0 Å². The van der Waals surface area contributed by atoms with Crippen molar-refractivity contribution in [1.82, 2.24) is 0 Å². The lowest BCUT2D eigenvalue weighted by molar-refractivity contribution is -0.805. The van der Waals surface area contributed by atoms with Crippen LogP contribution in [0.2, 0.25) is 0 Å². The highest BCUT2D eigenvalue weighted by Gasteiger charge is 2.37. The van der Waals surface area contributed by atoms with Crippen LogP contribution in [0.3, 0.4) is 0 Å². The lowest BCUT2D eigenvalue weighted by Gasteiger charge is -2.35. The Hall–Kier alpha value is -1.46. The standard InChI is InChI=1S/C14H23N3O2/c1-3-4-5-6-7-8-13-16-9-10-17(13,12(2)15)11-14(18)19/h7-10,12H,3-6,11,15H2,1-2H3/b8-7+. The molecule has 0 aliphatic carbocycles. The molecule has 0 fully saturated rings. The van der Waals surface area contributed by atoms with Crippen LogP contribution in [-0.2, 0) is 4.79 Å². The van der Waals surface area contributed by atoms with Crippen LogP contribution in [-0.4, -0.2) is 29.0 Å². The van der Waals surface area contributed by atoms with Gasteiger partial charge in [0, 0.05) is 13.0 Å². The Labute approximate surface area is 114 Å². The number of unbranched alkanes of at least 4 members (excludes halogenated alkanes) is 3. The van der Waals surface area contributed by atoms with E-state index in [-0.39, 0.29) is 17.2 Å². The highest BCUT2D eigenvalue weighted by atomic mass is 16.4. The molecule has 0 saturated carbocycles. The third-order valence-corrected chi connectivity index (χ3v) is 3.32. The zero-order valence-corrected chi connectivity index (χ0v) is 11.7. The van der Waals surface area contributed by atoms with Gasteiger partial charge in [0.15, 0.2) is 0 Å². The van der Waals surface area contributed by atoms with Gasteiger partial charge < -0.3 is 9.90 Å². The summed E-state index contributed by atoms with van der Waals surface area (Å²) < 4.78 is 0.0204. The van der Waals surface area contributed by atoms with E-state index < -0.39 is 5.97 Å². The highest BCUT2D eigenvalue weighted by Crippen LogP contribution is 2.20. The molecule has 2 unspecified atom stereocenters. The molecule has 1 aliphatic heterocycles. The Morgan fingerprint density at radius 2 is 2.32 bits per heavy atom. The average molecular weight is 265 g/mol. The number of nitrogens with two attached hydrogens (primary N) is 1. The number of amidine groups is 1. The van der Waals surface area contributed by atoms with Crippen LogP contribution in [0, 0.1) is 0 Å². The Balaban J connectivity index is 2.73. The number of allylic oxidation sites excluding steroid dienone is 1. The first-order valence-corrected chi connectivity index (χ1v) is 6.78. The van der Waals surface area contributed by atoms with Crippen molar-refractivity contribution in [2.45, 2.75) is 45.7 Å². The van der Waals surface area contributed by atoms with Crippen molar-refractivity contribution in [1.29, 1.82) is 0 Å². The van der Waals surface area contributed by atoms with Crippen LogP contribution in [0.5, 0.6) is 0 Å². The molecule has 0 amide bonds. The SMILES string of the molecule is CCCCC/C=C/C1=NC=C[N+]1(CC(=O)[O-])C(C)N. The molecule has 1 rings (SSSR count). The average Bonchev–Trinajstić information content (AvgIpc) is 2.72. The van der Waals surface area contributed by atoms with Gasteiger partial charge in [0.05, 0.1) is 12.2 Å². The number of carboxylic acid groups (broad SMARTS) is 1. The first kappa shape index (κ1) is 15.6. The fourth-order valence-corrected chi connectivity index (χ4v) is 2.13. The van der Waals surface area contributed by atoms with Crippen molar-refractivity contribution in [3.63, 3.8) is 0 Å². The first-order valence-electron chi connectivity index (χ1n) is 6.78. The minimum Gasteiger partial charge on any atom is -0.544 e. The van der Waals surface area contributed by atoms with E-state index in [1.807, 2.05) is 12.2 Å². The molecule has 0 saturated heterocycles. The van der Waals surface area contributed by atoms with Crippen molar-refractivity contribution < 1.29 is 14.4 Å². The molecule has 2 N–H and O–H groups in total. The topological polar surface area (TPSA) is 78.5 Å². The molecule has 0 radical (unpaired) electrons. The summed E-state index contributed by atoms with van der Waals surface area (Å²) in [6.45, 7) is 3.75. The molecule has 0 aromatic carbocycles. The van der Waals surface area contributed by atoms with Crippen LogP contribution in [0.25, 0.3) is 0 Å². The summed E-state index contributed by atoms with van der Waals surface area (Å²) in [4.78, 5) is 15.2. The van der Waals surface area contributed by atoms with E-state index in [1.165, 1.54) is 12.8 Å². The lowest BCUT2D eigenvalue weighted by atomic mass is 10.2. The number of quaternary nitrogens is 1. The third-order valence-electron chi connectivity index (χ3n) is 3.32. The van der Waals surface area contributed by atoms with Gasteiger partial charge in [-0.1, -0.05) is 25.8 Å². The monoisotopic (exact) mass is 265 g/mol. The summed E-state index contributed by atoms with van der Waals surface area (Å²) in [5.74, 6) is -0.466. The van der Waals surface area contributed by atoms with Crippen molar-refractivity contribution in [3.8, 4) is 0 Å². The fraction of sp³-hybridized carbons (Fsp3) is 0.571. The molecule has 0 spiro atoms. The molecule has 2 atom stereocenters. The van der Waals surface area contributed by atoms with Gasteiger partial charge in [-0.15, -0.1) is 0 Å². The maximum absolute atomic E-state index is 10.9. The molecular formula is C14H23N3O2. The Kier molecular flexibility index (Phi) is 5.92. The molecule has 0 aromatic heterocycles. The van der Waals surface area contributed by atoms with E-state index in [0.717, 1.165) is 12.8 Å². The Bertz CT molecular complexity index is 399. The predicted molar refractivity (Wildman–Crippen MR) is 73.6 cm³/mol. The normalized spacial score (nSPS) is 23.8. The van der Waals surface area contributed by atoms with Crippen LogP contribution < -0.4 is 10.8 Å². The second-order valence-corrected chi connectivity index (χ2v) is 4.88. The molecule has 5 heteroatoms. The zero-order valence-electron chi connectivity index (χ0n) is 11.7. The number of carboxylic acids is 1. The molecular weight excluding hydrogens is 242 g/mol. The lowest BCUT2D eigenvalue weighted by Crippen LogP contribution is -2.60. The van der Waals surface area contributed by atoms with E-state index >= 15 is 0 Å². The van der Waals surface area contributed by atoms with Crippen LogP contribution in [0.1, 0.15) is 39.5 Å². The molecule has 0 aromatic rings. The largest absolute Gasteiger partial charge is 0.544 e. The van der Waals surface area contributed by atoms with Crippen LogP contribution in [0.15, 0.2) is 29.5 Å². The number of hydrogen-bond donors (Lipinski definition) is 1. The number of aliphatic carboxylic acids is 1. The highest BCUT2D eigenvalue weighted by molar-refractivity contribution is 5.90. The van der Waals surface area contributed by atoms with Crippen molar-refractivity contribution >= 4 is 11.8 Å². The van der Waals surface area contributed by atoms with Crippen molar-refractivity contribution in [3.05, 3.63) is 24.6 Å². The second-order valence-electron chi connectivity index (χ2n) is 4.88. The van der Waals surface area contributed by atoms with Gasteiger partial charge in [-0.3, -0.25) is 5.73 Å². The number of carbonyl (C=O) groups excluding carboxylic acids is 1. The Morgan fingerprint density at radius 3 is 2.89 bits per heavy atom. The second kappa shape index (κ2) is 7.21. The first-order chi connectivity index (χ1) is 9.03. The maximum Gasteiger partial charge on any atom is 0.233 e. The minimum atomic E-state index is -1.13. The molecule has 0 bridgehead atoms. The summed E-state index contributed by atoms with van der Waals surface area (Å²) >= 11 is 0. The van der Waals surface area contributed by atoms with Crippen LogP contribution >= 0.6 is 0 Å². The Morgan fingerprint density at radius 1 is 1.58 bits per heavy atom. The number of hydrogen-bond acceptors (Lipinski definition) is 4. The molecule has 1 heterocycles. The minimum absolute atomic E-state index is 0.0204. The third kappa shape index (κ3) is 4.01. The van der Waals surface area contributed by atoms with Crippen molar-refractivity contribution in [2.24, 2.45) is 10.7 Å². The number of nitrogens with zero attached hydrogens (tertiary/aromatic N) is 2. The van der Waals surface area contributed by atoms with Gasteiger partial charge in [-0.2, -0.15) is 4.99 Å². The molecule has 19 heavy (non-hydrogen) atoms. The fourth-order valence-electron chi connectivity index (χ4n) is 2.13. The predicted octanol–water partition coefficient (Wildman–Crippen LogP) is 0.878. The van der Waals surface area contributed by atoms with Crippen LogP contribution in [0.4, 0.5) is 0 Å². The summed E-state index contributed by atoms with van der Waals surface area (Å²) in [5.41, 5.74) is 5.94. The summed E-state index contributed by atoms with van der Waals surface area (Å²) in [6.07, 6.45) is 11.3. The van der Waals surface area contributed by atoms with Gasteiger partial charge in [0.1, 0.15) is 18.9 Å². The molecule has 1 aliphatic rings. The van der Waals surface area contributed by atoms with Gasteiger partial charge in [0.2, 0.25) is 5.84 Å². The van der Waals surface area contributed by atoms with E-state index in [2.05, 4.69) is 11.9 Å². The number of aliphatic imine (C=N–C) groups is 1. The smallest absolute Gasteiger partial charge is 0.233 e. The number of rotatable bonds is 8. The van der Waals surface area contributed by atoms with Crippen molar-refractivity contribution in [2.75, 3.05) is 6.54 Å². The van der Waals surface area contributed by atoms with E-state index in [4.69, 9.17) is 5.73 Å². The zero-order chi connectivity index (χ0) is 14.3. The van der Waals surface area contributed by atoms with Gasteiger partial charge >= 0.3 is 0 Å². The van der Waals surface area contributed by atoms with E-state index in [1.54, 1.807) is 19.3 Å². The van der Waals surface area contributed by atoms with Gasteiger partial charge in [-0.05, 0) is 12.8 Å². The van der Waals surface area contributed by atoms with E-state index in [9.17, 15) is 9.90 Å². The summed E-state index contributed by atoms with van der Waals surface area (Å²) in [7, 11) is 0. The summed E-state index contributed by atoms with van der Waals surface area (Å²) in [5, 5.41) is 10.9. The van der Waals surface area contributed by atoms with Gasteiger partial charge in [-0.25, -0.2) is 4.48 Å². The maximum atomic E-state index is 10.9. The molecule has 106 valence electrons. The quantitative estimate of drug-likeness (QED) is 0.522. The molecule has 5 nitrogen and oxygen atoms in total. The summed E-state index contributed by atoms with van der Waals surface area (Å²) in [6, 6.07) is 0. The number of carbonyl (C=O) groups is 1. The van der Waals surface area contributed by atoms with E-state index in [0.29, 0.717) is 5.84 Å².